The topological polar surface area (TPSA) is 50.4 Å². The third-order valence-electron chi connectivity index (χ3n) is 2.05. The Morgan fingerprint density at radius 1 is 1.20 bits per heavy atom. The number of carbonyl (C=O) groups excluding carboxylic acids is 1. The van der Waals surface area contributed by atoms with E-state index >= 15 is 0 Å². The monoisotopic (exact) mass is 216 g/mol. The first-order valence-electron chi connectivity index (χ1n) is 5.80. The molecule has 2 N–H and O–H groups in total. The van der Waals surface area contributed by atoms with Gasteiger partial charge in [-0.05, 0) is 26.4 Å². The fourth-order valence-electron chi connectivity index (χ4n) is 1.16. The molecule has 1 amide bonds. The van der Waals surface area contributed by atoms with Crippen LogP contribution < -0.4 is 10.6 Å². The van der Waals surface area contributed by atoms with Crippen LogP contribution in [-0.2, 0) is 9.53 Å². The van der Waals surface area contributed by atoms with E-state index in [1.54, 1.807) is 0 Å². The molecule has 0 aliphatic carbocycles. The predicted octanol–water partition coefficient (Wildman–Crippen LogP) is 0.919. The van der Waals surface area contributed by atoms with E-state index < -0.39 is 0 Å². The lowest BCUT2D eigenvalue weighted by Gasteiger charge is -2.05. The van der Waals surface area contributed by atoms with Gasteiger partial charge in [-0.15, -0.1) is 0 Å². The van der Waals surface area contributed by atoms with Crippen molar-refractivity contribution in [3.8, 4) is 0 Å². The predicted molar refractivity (Wildman–Crippen MR) is 61.9 cm³/mol. The number of ether oxygens (including phenoxy) is 1. The first-order valence-corrected chi connectivity index (χ1v) is 5.80. The molecular formula is C11H24N2O2. The van der Waals surface area contributed by atoms with Crippen LogP contribution in [0.15, 0.2) is 0 Å². The molecule has 0 radical (unpaired) electrons. The van der Waals surface area contributed by atoms with Crippen LogP contribution in [0.25, 0.3) is 0 Å². The molecule has 0 atom stereocenters. The average Bonchev–Trinajstić information content (AvgIpc) is 2.24. The molecule has 0 aromatic rings. The van der Waals surface area contributed by atoms with Crippen molar-refractivity contribution < 1.29 is 9.53 Å². The van der Waals surface area contributed by atoms with Crippen LogP contribution in [0, 0.1) is 0 Å². The molecule has 0 rings (SSSR count). The van der Waals surface area contributed by atoms with Gasteiger partial charge < -0.3 is 15.4 Å². The van der Waals surface area contributed by atoms with Crippen LogP contribution in [0.2, 0.25) is 0 Å². The van der Waals surface area contributed by atoms with Crippen molar-refractivity contribution in [1.82, 2.24) is 10.6 Å². The third kappa shape index (κ3) is 11.3. The Balaban J connectivity index is 3.11. The maximum absolute atomic E-state index is 11.2. The van der Waals surface area contributed by atoms with Gasteiger partial charge in [0.05, 0.1) is 0 Å². The number of rotatable bonds is 10. The normalized spacial score (nSPS) is 10.3. The number of hydrogen-bond acceptors (Lipinski definition) is 3. The van der Waals surface area contributed by atoms with Crippen LogP contribution >= 0.6 is 0 Å². The van der Waals surface area contributed by atoms with Gasteiger partial charge in [-0.2, -0.15) is 0 Å². The van der Waals surface area contributed by atoms with Crippen molar-refractivity contribution in [2.45, 2.75) is 32.6 Å². The quantitative estimate of drug-likeness (QED) is 0.534. The van der Waals surface area contributed by atoms with Crippen molar-refractivity contribution in [2.24, 2.45) is 0 Å². The molecule has 15 heavy (non-hydrogen) atoms. The molecule has 0 aliphatic heterocycles. The molecule has 0 bridgehead atoms. The minimum absolute atomic E-state index is 0.0115. The lowest BCUT2D eigenvalue weighted by molar-refractivity contribution is -0.125. The second kappa shape index (κ2) is 11.5. The molecule has 0 saturated heterocycles. The summed E-state index contributed by atoms with van der Waals surface area (Å²) in [6.45, 7) is 4.69. The number of unbranched alkanes of at least 4 members (excludes halogenated alkanes) is 2. The SMILES string of the molecule is CCCCCOCC(=O)NCCCNC. The summed E-state index contributed by atoms with van der Waals surface area (Å²) in [6.07, 6.45) is 4.35. The van der Waals surface area contributed by atoms with Gasteiger partial charge in [0.25, 0.3) is 0 Å². The molecule has 0 aliphatic rings. The molecule has 0 aromatic carbocycles. The Morgan fingerprint density at radius 2 is 2.00 bits per heavy atom. The number of amides is 1. The number of hydrogen-bond donors (Lipinski definition) is 2. The standard InChI is InChI=1S/C11H24N2O2/c1-3-4-5-9-15-10-11(14)13-8-6-7-12-2/h12H,3-10H2,1-2H3,(H,13,14). The number of carbonyl (C=O) groups is 1. The second-order valence-corrected chi connectivity index (χ2v) is 3.57. The first kappa shape index (κ1) is 14.4. The van der Waals surface area contributed by atoms with Crippen LogP contribution in [-0.4, -0.2) is 39.3 Å². The Morgan fingerprint density at radius 3 is 2.67 bits per heavy atom. The summed E-state index contributed by atoms with van der Waals surface area (Å²) in [5, 5.41) is 5.83. The molecule has 4 heteroatoms. The zero-order valence-electron chi connectivity index (χ0n) is 9.97. The van der Waals surface area contributed by atoms with Gasteiger partial charge in [0.2, 0.25) is 5.91 Å². The molecule has 4 nitrogen and oxygen atoms in total. The maximum atomic E-state index is 11.2. The van der Waals surface area contributed by atoms with Crippen molar-refractivity contribution >= 4 is 5.91 Å². The molecule has 0 spiro atoms. The van der Waals surface area contributed by atoms with Crippen molar-refractivity contribution in [1.29, 1.82) is 0 Å². The highest BCUT2D eigenvalue weighted by molar-refractivity contribution is 5.77. The summed E-state index contributed by atoms with van der Waals surface area (Å²) < 4.78 is 5.23. The Labute approximate surface area is 92.8 Å². The molecule has 90 valence electrons. The van der Waals surface area contributed by atoms with E-state index in [0.29, 0.717) is 6.61 Å². The zero-order chi connectivity index (χ0) is 11.4. The Kier molecular flexibility index (Phi) is 11.0. The molecule has 0 fully saturated rings. The van der Waals surface area contributed by atoms with Crippen molar-refractivity contribution in [2.75, 3.05) is 33.4 Å². The average molecular weight is 216 g/mol. The van der Waals surface area contributed by atoms with Crippen LogP contribution in [0.4, 0.5) is 0 Å². The van der Waals surface area contributed by atoms with Gasteiger partial charge in [-0.25, -0.2) is 0 Å². The van der Waals surface area contributed by atoms with Gasteiger partial charge in [-0.1, -0.05) is 19.8 Å². The van der Waals surface area contributed by atoms with Crippen LogP contribution in [0.5, 0.6) is 0 Å². The fourth-order valence-corrected chi connectivity index (χ4v) is 1.16. The maximum Gasteiger partial charge on any atom is 0.245 e. The molecule has 0 saturated carbocycles. The van der Waals surface area contributed by atoms with Crippen molar-refractivity contribution in [3.63, 3.8) is 0 Å². The summed E-state index contributed by atoms with van der Waals surface area (Å²) in [7, 11) is 1.90. The highest BCUT2D eigenvalue weighted by atomic mass is 16.5. The second-order valence-electron chi connectivity index (χ2n) is 3.57. The minimum Gasteiger partial charge on any atom is -0.372 e. The first-order chi connectivity index (χ1) is 7.31. The summed E-state index contributed by atoms with van der Waals surface area (Å²) in [5.74, 6) is -0.0115. The van der Waals surface area contributed by atoms with E-state index in [1.807, 2.05) is 7.05 Å². The van der Waals surface area contributed by atoms with Crippen LogP contribution in [0.1, 0.15) is 32.6 Å². The summed E-state index contributed by atoms with van der Waals surface area (Å²) in [5.41, 5.74) is 0. The Bertz CT molecular complexity index is 152. The van der Waals surface area contributed by atoms with Crippen molar-refractivity contribution in [3.05, 3.63) is 0 Å². The molecular weight excluding hydrogens is 192 g/mol. The summed E-state index contributed by atoms with van der Waals surface area (Å²) in [4.78, 5) is 11.2. The highest BCUT2D eigenvalue weighted by Gasteiger charge is 1.99. The number of nitrogens with one attached hydrogen (secondary N) is 2. The van der Waals surface area contributed by atoms with Gasteiger partial charge in [0, 0.05) is 13.2 Å². The molecule has 0 heterocycles. The highest BCUT2D eigenvalue weighted by Crippen LogP contribution is 1.93. The van der Waals surface area contributed by atoms with E-state index in [4.69, 9.17) is 4.74 Å². The fraction of sp³-hybridized carbons (Fsp3) is 0.909. The Hall–Kier alpha value is -0.610. The van der Waals surface area contributed by atoms with E-state index in [1.165, 1.54) is 12.8 Å². The summed E-state index contributed by atoms with van der Waals surface area (Å²) >= 11 is 0. The minimum atomic E-state index is -0.0115. The van der Waals surface area contributed by atoms with E-state index in [2.05, 4.69) is 17.6 Å². The van der Waals surface area contributed by atoms with Gasteiger partial charge in [-0.3, -0.25) is 4.79 Å². The third-order valence-corrected chi connectivity index (χ3v) is 2.05. The van der Waals surface area contributed by atoms with Gasteiger partial charge in [0.15, 0.2) is 0 Å². The molecule has 0 aromatic heterocycles. The molecule has 0 unspecified atom stereocenters. The largest absolute Gasteiger partial charge is 0.372 e. The van der Waals surface area contributed by atoms with E-state index in [0.717, 1.165) is 25.9 Å². The zero-order valence-corrected chi connectivity index (χ0v) is 9.97. The van der Waals surface area contributed by atoms with Gasteiger partial charge >= 0.3 is 0 Å². The van der Waals surface area contributed by atoms with E-state index in [-0.39, 0.29) is 12.5 Å². The van der Waals surface area contributed by atoms with Gasteiger partial charge in [0.1, 0.15) is 6.61 Å². The smallest absolute Gasteiger partial charge is 0.245 e. The lowest BCUT2D eigenvalue weighted by atomic mass is 10.3. The van der Waals surface area contributed by atoms with Crippen LogP contribution in [0.3, 0.4) is 0 Å². The van der Waals surface area contributed by atoms with E-state index in [9.17, 15) is 4.79 Å². The lowest BCUT2D eigenvalue weighted by Crippen LogP contribution is -2.30. The summed E-state index contributed by atoms with van der Waals surface area (Å²) in [6, 6.07) is 0.